The molecule has 0 radical (unpaired) electrons. The molecular weight excluding hydrogens is 71.0 g/mol. The number of rotatable bonds is 0. The van der Waals surface area contributed by atoms with Crippen LogP contribution in [0.25, 0.3) is 0 Å². The summed E-state index contributed by atoms with van der Waals surface area (Å²) in [7, 11) is 0. The summed E-state index contributed by atoms with van der Waals surface area (Å²) in [4.78, 5) is 0. The van der Waals surface area contributed by atoms with Gasteiger partial charge in [-0.2, -0.15) is 0 Å². The van der Waals surface area contributed by atoms with Crippen molar-refractivity contribution in [2.24, 2.45) is 0 Å². The molecule has 0 aromatic carbocycles. The Hall–Kier alpha value is 0.880. The average molecular weight is 74.0 g/mol. The molecule has 0 atom stereocenters. The van der Waals surface area contributed by atoms with E-state index in [0.717, 1.165) is 0 Å². The van der Waals surface area contributed by atoms with Crippen molar-refractivity contribution < 1.29 is 46.0 Å². The SMILES string of the molecule is [Na+].[OH-].[OH-].[OH-]. The number of hydrogen-bond donors (Lipinski definition) is 0. The second-order valence-corrected chi connectivity index (χ2v) is 0. The van der Waals surface area contributed by atoms with Gasteiger partial charge >= 0.3 is 29.6 Å². The van der Waals surface area contributed by atoms with Gasteiger partial charge in [-0.05, 0) is 0 Å². The standard InChI is InChI=1S/Na.3H2O/h;3*1H2/q+1;;;/p-3. The van der Waals surface area contributed by atoms with Crippen LogP contribution in [-0.4, -0.2) is 16.4 Å². The molecule has 0 fully saturated rings. The van der Waals surface area contributed by atoms with E-state index in [9.17, 15) is 0 Å². The summed E-state index contributed by atoms with van der Waals surface area (Å²) >= 11 is 0. The van der Waals surface area contributed by atoms with Crippen LogP contribution in [0.1, 0.15) is 0 Å². The van der Waals surface area contributed by atoms with E-state index in [4.69, 9.17) is 0 Å². The van der Waals surface area contributed by atoms with Gasteiger partial charge in [0.15, 0.2) is 0 Å². The minimum Gasteiger partial charge on any atom is -0.870 e. The van der Waals surface area contributed by atoms with Gasteiger partial charge in [0.25, 0.3) is 0 Å². The summed E-state index contributed by atoms with van der Waals surface area (Å²) in [5.41, 5.74) is 0. The molecule has 4 heteroatoms. The maximum absolute atomic E-state index is 0. The normalized spacial score (nSPS) is 0. The van der Waals surface area contributed by atoms with Gasteiger partial charge in [-0.25, -0.2) is 0 Å². The molecule has 0 aliphatic rings. The summed E-state index contributed by atoms with van der Waals surface area (Å²) in [6.45, 7) is 0. The Bertz CT molecular complexity index is 3.25. The topological polar surface area (TPSA) is 90.0 Å². The van der Waals surface area contributed by atoms with Crippen molar-refractivity contribution >= 4 is 0 Å². The first-order chi connectivity index (χ1) is 0. The molecule has 0 rings (SSSR count). The predicted octanol–water partition coefficient (Wildman–Crippen LogP) is -3.53. The number of hydrogen-bond acceptors (Lipinski definition) is 3. The summed E-state index contributed by atoms with van der Waals surface area (Å²) in [6.07, 6.45) is 0. The molecule has 0 aromatic heterocycles. The van der Waals surface area contributed by atoms with Crippen LogP contribution in [0.4, 0.5) is 0 Å². The fourth-order valence-electron chi connectivity index (χ4n) is 0. The monoisotopic (exact) mass is 74.0 g/mol. The second-order valence-electron chi connectivity index (χ2n) is 0. The maximum atomic E-state index is 0. The first-order valence-corrected chi connectivity index (χ1v) is 0. The van der Waals surface area contributed by atoms with E-state index in [-0.39, 0.29) is 46.0 Å². The zero-order chi connectivity index (χ0) is 0. The molecule has 0 bridgehead atoms. The van der Waals surface area contributed by atoms with Gasteiger partial charge in [0, 0.05) is 0 Å². The van der Waals surface area contributed by atoms with E-state index in [1.54, 1.807) is 0 Å². The maximum Gasteiger partial charge on any atom is 1.00 e. The van der Waals surface area contributed by atoms with Crippen LogP contribution in [-0.2, 0) is 0 Å². The van der Waals surface area contributed by atoms with Crippen LogP contribution in [0.3, 0.4) is 0 Å². The van der Waals surface area contributed by atoms with Gasteiger partial charge < -0.3 is 16.4 Å². The van der Waals surface area contributed by atoms with E-state index >= 15 is 0 Å². The van der Waals surface area contributed by atoms with Crippen LogP contribution < -0.4 is 29.6 Å². The van der Waals surface area contributed by atoms with Gasteiger partial charge in [0.1, 0.15) is 0 Å². The Balaban J connectivity index is 0. The molecule has 0 heterocycles. The van der Waals surface area contributed by atoms with Crippen molar-refractivity contribution in [3.8, 4) is 0 Å². The molecule has 0 saturated carbocycles. The minimum atomic E-state index is 0. The van der Waals surface area contributed by atoms with Crippen LogP contribution in [0.15, 0.2) is 0 Å². The van der Waals surface area contributed by atoms with Gasteiger partial charge in [-0.3, -0.25) is 0 Å². The molecule has 0 amide bonds. The minimum absolute atomic E-state index is 0. The Labute approximate surface area is 46.2 Å². The molecule has 0 saturated heterocycles. The molecular formula is H3NaO3-2. The van der Waals surface area contributed by atoms with Crippen molar-refractivity contribution in [2.45, 2.75) is 0 Å². The molecule has 4 heavy (non-hydrogen) atoms. The van der Waals surface area contributed by atoms with E-state index in [1.807, 2.05) is 0 Å². The van der Waals surface area contributed by atoms with Gasteiger partial charge in [-0.1, -0.05) is 0 Å². The summed E-state index contributed by atoms with van der Waals surface area (Å²) in [5.74, 6) is 0. The van der Waals surface area contributed by atoms with Crippen molar-refractivity contribution in [1.82, 2.24) is 0 Å². The zero-order valence-electron chi connectivity index (χ0n) is 2.34. The molecule has 24 valence electrons. The second kappa shape index (κ2) is 41.6. The van der Waals surface area contributed by atoms with Crippen LogP contribution in [0.5, 0.6) is 0 Å². The Morgan fingerprint density at radius 1 is 0.500 bits per heavy atom. The first kappa shape index (κ1) is 94.9. The first-order valence-electron chi connectivity index (χ1n) is 0. The quantitative estimate of drug-likeness (QED) is 0.279. The van der Waals surface area contributed by atoms with Gasteiger partial charge in [0.2, 0.25) is 0 Å². The molecule has 3 nitrogen and oxygen atoms in total. The third kappa shape index (κ3) is 13.1. The van der Waals surface area contributed by atoms with Crippen LogP contribution in [0, 0.1) is 0 Å². The Morgan fingerprint density at radius 2 is 0.500 bits per heavy atom. The van der Waals surface area contributed by atoms with E-state index in [2.05, 4.69) is 0 Å². The third-order valence-electron chi connectivity index (χ3n) is 0. The van der Waals surface area contributed by atoms with Crippen LogP contribution >= 0.6 is 0 Å². The molecule has 0 aromatic rings. The van der Waals surface area contributed by atoms with Crippen molar-refractivity contribution in [3.63, 3.8) is 0 Å². The average Bonchev–Trinajstić information content (AvgIpc) is 0. The van der Waals surface area contributed by atoms with E-state index in [0.29, 0.717) is 0 Å². The summed E-state index contributed by atoms with van der Waals surface area (Å²) in [6, 6.07) is 0. The van der Waals surface area contributed by atoms with E-state index in [1.165, 1.54) is 0 Å². The van der Waals surface area contributed by atoms with Crippen molar-refractivity contribution in [1.29, 1.82) is 0 Å². The summed E-state index contributed by atoms with van der Waals surface area (Å²) < 4.78 is 0. The smallest absolute Gasteiger partial charge is 0.870 e. The summed E-state index contributed by atoms with van der Waals surface area (Å²) in [5, 5.41) is 0. The van der Waals surface area contributed by atoms with E-state index < -0.39 is 0 Å². The molecule has 0 aliphatic heterocycles. The Morgan fingerprint density at radius 3 is 0.500 bits per heavy atom. The zero-order valence-corrected chi connectivity index (χ0v) is 4.34. The van der Waals surface area contributed by atoms with Crippen LogP contribution in [0.2, 0.25) is 0 Å². The van der Waals surface area contributed by atoms with Gasteiger partial charge in [0.05, 0.1) is 0 Å². The molecule has 0 aliphatic carbocycles. The van der Waals surface area contributed by atoms with Gasteiger partial charge in [-0.15, -0.1) is 0 Å². The fraction of sp³-hybridized carbons (Fsp3) is 0. The molecule has 0 unspecified atom stereocenters. The molecule has 3 N–H and O–H groups in total. The Kier molecular flexibility index (Phi) is 986. The third-order valence-corrected chi connectivity index (χ3v) is 0. The largest absolute Gasteiger partial charge is 1.00 e. The predicted molar refractivity (Wildman–Crippen MR) is 5.81 cm³/mol. The fourth-order valence-corrected chi connectivity index (χ4v) is 0. The van der Waals surface area contributed by atoms with Crippen molar-refractivity contribution in [3.05, 3.63) is 0 Å². The molecule has 0 spiro atoms. The van der Waals surface area contributed by atoms with Crippen molar-refractivity contribution in [2.75, 3.05) is 0 Å².